The minimum Gasteiger partial charge on any atom is -0.394 e. The van der Waals surface area contributed by atoms with Gasteiger partial charge in [-0.2, -0.15) is 5.21 Å². The molecule has 0 saturated carbocycles. The minimum absolute atomic E-state index is 0.0189. The Morgan fingerprint density at radius 1 is 0.634 bits per heavy atom. The molecular formula is C55H89N15O12. The molecule has 1 aliphatic rings. The number of rotatable bonds is 47. The maximum absolute atomic E-state index is 14.2. The van der Waals surface area contributed by atoms with E-state index in [1.54, 1.807) is 24.4 Å². The highest BCUT2D eigenvalue weighted by molar-refractivity contribution is 5.97. The lowest BCUT2D eigenvalue weighted by atomic mass is 10.0. The second-order valence-electron chi connectivity index (χ2n) is 20.0. The predicted octanol–water partition coefficient (Wildman–Crippen LogP) is 0.473. The maximum Gasteiger partial charge on any atom is 0.246 e. The zero-order valence-electron chi connectivity index (χ0n) is 47.8. The van der Waals surface area contributed by atoms with Crippen LogP contribution in [-0.4, -0.2) is 173 Å². The highest BCUT2D eigenvalue weighted by Crippen LogP contribution is 2.16. The minimum atomic E-state index is -1.63. The number of carbonyl (C=O) groups excluding carboxylic acids is 9. The molecule has 2 aromatic rings. The summed E-state index contributed by atoms with van der Waals surface area (Å²) in [7, 11) is 1.45. The van der Waals surface area contributed by atoms with Gasteiger partial charge in [0.25, 0.3) is 0 Å². The summed E-state index contributed by atoms with van der Waals surface area (Å²) in [4.78, 5) is 126. The molecule has 5 atom stereocenters. The van der Waals surface area contributed by atoms with Gasteiger partial charge in [0.05, 0.1) is 33.0 Å². The highest BCUT2D eigenvalue weighted by atomic mass is 16.5. The van der Waals surface area contributed by atoms with Crippen LogP contribution < -0.4 is 48.3 Å². The number of aliphatic imine (C=N–C) groups is 1. The lowest BCUT2D eigenvalue weighted by molar-refractivity contribution is -0.135. The smallest absolute Gasteiger partial charge is 0.246 e. The molecule has 3 rings (SSSR count). The molecule has 0 aliphatic carbocycles. The van der Waals surface area contributed by atoms with Crippen molar-refractivity contribution < 1.29 is 57.7 Å². The van der Waals surface area contributed by atoms with Gasteiger partial charge in [0.1, 0.15) is 36.8 Å². The first-order valence-electron chi connectivity index (χ1n) is 28.9. The fourth-order valence-electron chi connectivity index (χ4n) is 8.63. The van der Waals surface area contributed by atoms with Gasteiger partial charge in [-0.3, -0.25) is 53.1 Å². The summed E-state index contributed by atoms with van der Waals surface area (Å²) in [5.41, 5.74) is 6.46. The van der Waals surface area contributed by atoms with E-state index >= 15 is 0 Å². The van der Waals surface area contributed by atoms with Crippen molar-refractivity contribution >= 4 is 59.4 Å². The molecule has 0 fully saturated rings. The van der Waals surface area contributed by atoms with E-state index in [1.807, 2.05) is 6.92 Å². The van der Waals surface area contributed by atoms with Gasteiger partial charge in [0, 0.05) is 76.4 Å². The summed E-state index contributed by atoms with van der Waals surface area (Å²) in [6.07, 6.45) is 24.2. The van der Waals surface area contributed by atoms with Gasteiger partial charge in [-0.1, -0.05) is 102 Å². The molecular weight excluding hydrogens is 1060 g/mol. The first-order chi connectivity index (χ1) is 39.7. The van der Waals surface area contributed by atoms with Gasteiger partial charge < -0.3 is 62.8 Å². The van der Waals surface area contributed by atoms with Crippen molar-refractivity contribution in [3.63, 3.8) is 0 Å². The molecule has 3 heterocycles. The van der Waals surface area contributed by atoms with Crippen LogP contribution in [-0.2, 0) is 65.5 Å². The number of ether oxygens (including phenoxy) is 2. The Kier molecular flexibility index (Phi) is 35.8. The summed E-state index contributed by atoms with van der Waals surface area (Å²) in [6, 6.07) is -3.39. The SMILES string of the molecule is CCCC[C@H](NC(=O)[C@H](Cc1ccncc1)NC(=O)[C@H](CC1=CCC=N1)NC(=O)[C@H](CCC(N)=O)NC(=O)[C@H](CO)NC(=O)CNC(=O)COCCOCCNC(=O)CCCCCCCCCCCCCCCc1nn[nH]n1)C(=O)NC. The molecule has 0 saturated heterocycles. The van der Waals surface area contributed by atoms with Crippen LogP contribution in [0.3, 0.4) is 0 Å². The molecule has 82 heavy (non-hydrogen) atoms. The van der Waals surface area contributed by atoms with Crippen LogP contribution in [0.4, 0.5) is 0 Å². The second-order valence-corrected chi connectivity index (χ2v) is 20.0. The van der Waals surface area contributed by atoms with Crippen molar-refractivity contribution in [2.45, 2.75) is 185 Å². The number of aliphatic hydroxyl groups excluding tert-OH is 1. The predicted molar refractivity (Wildman–Crippen MR) is 303 cm³/mol. The molecule has 0 spiro atoms. The van der Waals surface area contributed by atoms with Gasteiger partial charge >= 0.3 is 0 Å². The number of aromatic amines is 1. The van der Waals surface area contributed by atoms with Crippen molar-refractivity contribution in [2.24, 2.45) is 10.7 Å². The van der Waals surface area contributed by atoms with Gasteiger partial charge in [0.15, 0.2) is 5.82 Å². The number of unbranched alkanes of at least 4 members (excludes halogenated alkanes) is 13. The fraction of sp³-hybridized carbons (Fsp3) is 0.673. The molecule has 9 amide bonds. The Labute approximate surface area is 480 Å². The normalized spacial score (nSPS) is 13.6. The number of nitrogens with one attached hydrogen (secondary N) is 9. The van der Waals surface area contributed by atoms with Gasteiger partial charge in [0.2, 0.25) is 53.2 Å². The summed E-state index contributed by atoms with van der Waals surface area (Å²) in [6.45, 7) is 0.757. The van der Waals surface area contributed by atoms with E-state index in [2.05, 4.69) is 73.1 Å². The number of likely N-dealkylation sites (N-methyl/N-ethyl adjacent to an activating group) is 1. The zero-order chi connectivity index (χ0) is 59.6. The van der Waals surface area contributed by atoms with Crippen molar-refractivity contribution in [3.8, 4) is 0 Å². The van der Waals surface area contributed by atoms with Crippen LogP contribution in [0.2, 0.25) is 0 Å². The van der Waals surface area contributed by atoms with Gasteiger partial charge in [-0.05, 0) is 43.4 Å². The quantitative estimate of drug-likeness (QED) is 0.0401. The van der Waals surface area contributed by atoms with E-state index in [0.29, 0.717) is 43.5 Å². The lowest BCUT2D eigenvalue weighted by Crippen LogP contribution is -2.60. The Morgan fingerprint density at radius 2 is 1.22 bits per heavy atom. The number of pyridine rings is 1. The number of hydrogen-bond acceptors (Lipinski definition) is 17. The largest absolute Gasteiger partial charge is 0.394 e. The number of primary amides is 1. The molecule has 0 bridgehead atoms. The van der Waals surface area contributed by atoms with Crippen LogP contribution in [0.15, 0.2) is 41.3 Å². The first kappa shape index (κ1) is 69.0. The van der Waals surface area contributed by atoms with E-state index in [9.17, 15) is 48.3 Å². The van der Waals surface area contributed by atoms with E-state index in [4.69, 9.17) is 15.2 Å². The summed E-state index contributed by atoms with van der Waals surface area (Å²) >= 11 is 0. The molecule has 27 nitrogen and oxygen atoms in total. The maximum atomic E-state index is 14.2. The Balaban J connectivity index is 1.36. The average molecular weight is 1150 g/mol. The number of amides is 9. The summed E-state index contributed by atoms with van der Waals surface area (Å²) in [5.74, 6) is -5.49. The third-order valence-corrected chi connectivity index (χ3v) is 13.3. The Morgan fingerprint density at radius 3 is 1.80 bits per heavy atom. The number of aryl methyl sites for hydroxylation is 1. The standard InChI is InChI=1S/C55H89N15O12/c1-3-4-20-41(51(76)57-2)63-53(78)43(34-39-25-28-58-29-26-39)65-54(79)44(35-40-19-18-27-59-40)66-52(77)42(23-24-46(56)72)64-55(80)45(37-71)62-49(74)36-61-50(75)38-82-33-32-81-31-30-60-48(73)22-17-15-13-11-9-7-5-6-8-10-12-14-16-21-47-67-69-70-68-47/h19,25-29,41-45,71H,3-18,20-24,30-38H2,1-2H3,(H2,56,72)(H,57,76)(H,60,73)(H,61,75)(H,62,74)(H,63,78)(H,64,80)(H,65,79)(H,66,77)(H,67,68,69,70)/t41-,42-,43-,44-,45-/m0/s1. The summed E-state index contributed by atoms with van der Waals surface area (Å²) < 4.78 is 10.8. The average Bonchev–Trinajstić information content (AvgIpc) is 4.30. The third-order valence-electron chi connectivity index (χ3n) is 13.3. The molecule has 0 unspecified atom stereocenters. The number of nitrogens with two attached hydrogens (primary N) is 1. The number of nitrogens with zero attached hydrogens (tertiary/aromatic N) is 5. The molecule has 2 aromatic heterocycles. The number of tetrazole rings is 1. The van der Waals surface area contributed by atoms with Crippen molar-refractivity contribution in [2.75, 3.05) is 53.2 Å². The van der Waals surface area contributed by atoms with E-state index in [1.165, 1.54) is 77.2 Å². The molecule has 0 aromatic carbocycles. The number of aliphatic hydroxyl groups is 1. The summed E-state index contributed by atoms with van der Waals surface area (Å²) in [5, 5.41) is 44.6. The first-order valence-corrected chi connectivity index (χ1v) is 28.9. The van der Waals surface area contributed by atoms with Gasteiger partial charge in [-0.25, -0.2) is 0 Å². The lowest BCUT2D eigenvalue weighted by Gasteiger charge is -2.27. The van der Waals surface area contributed by atoms with Crippen molar-refractivity contribution in [1.29, 1.82) is 0 Å². The highest BCUT2D eigenvalue weighted by Gasteiger charge is 2.33. The molecule has 12 N–H and O–H groups in total. The van der Waals surface area contributed by atoms with E-state index in [-0.39, 0.29) is 45.0 Å². The Bertz CT molecular complexity index is 2290. The number of hydrogen-bond donors (Lipinski definition) is 11. The monoisotopic (exact) mass is 1150 g/mol. The topological polar surface area (TPSA) is 394 Å². The van der Waals surface area contributed by atoms with Crippen LogP contribution in [0, 0.1) is 0 Å². The fourth-order valence-corrected chi connectivity index (χ4v) is 8.63. The van der Waals surface area contributed by atoms with Crippen LogP contribution in [0.25, 0.3) is 0 Å². The van der Waals surface area contributed by atoms with Crippen molar-refractivity contribution in [3.05, 3.63) is 47.7 Å². The Hall–Kier alpha value is -7.26. The zero-order valence-corrected chi connectivity index (χ0v) is 47.8. The van der Waals surface area contributed by atoms with E-state index < -0.39 is 104 Å². The molecule has 27 heteroatoms. The second kappa shape index (κ2) is 42.6. The number of aromatic nitrogens is 5. The number of allylic oxidation sites excluding steroid dienone is 1. The number of carbonyl (C=O) groups is 9. The van der Waals surface area contributed by atoms with Crippen LogP contribution >= 0.6 is 0 Å². The molecule has 1 aliphatic heterocycles. The molecule has 456 valence electrons. The van der Waals surface area contributed by atoms with Crippen LogP contribution in [0.5, 0.6) is 0 Å². The molecule has 0 radical (unpaired) electrons. The third kappa shape index (κ3) is 31.1. The van der Waals surface area contributed by atoms with Gasteiger partial charge in [-0.15, -0.1) is 10.2 Å². The van der Waals surface area contributed by atoms with Crippen molar-refractivity contribution in [1.82, 2.24) is 68.1 Å². The van der Waals surface area contributed by atoms with Crippen LogP contribution in [0.1, 0.15) is 153 Å². The van der Waals surface area contributed by atoms with E-state index in [0.717, 1.165) is 44.3 Å². The number of H-pyrrole nitrogens is 1.